The first-order chi connectivity index (χ1) is 6.90. The van der Waals surface area contributed by atoms with Crippen molar-refractivity contribution in [3.05, 3.63) is 47.8 Å². The second kappa shape index (κ2) is 4.08. The first kappa shape index (κ1) is 8.98. The van der Waals surface area contributed by atoms with Crippen LogP contribution < -0.4 is 0 Å². The third-order valence-corrected chi connectivity index (χ3v) is 2.65. The molecule has 1 nitrogen and oxygen atoms in total. The van der Waals surface area contributed by atoms with Crippen molar-refractivity contribution in [2.24, 2.45) is 0 Å². The van der Waals surface area contributed by atoms with E-state index in [4.69, 9.17) is 0 Å². The Hall–Kier alpha value is -1.59. The summed E-state index contributed by atoms with van der Waals surface area (Å²) in [5.74, 6) is 5.58. The first-order valence-electron chi connectivity index (χ1n) is 4.17. The minimum atomic E-state index is 1.04. The van der Waals surface area contributed by atoms with Gasteiger partial charge in [-0.15, -0.1) is 11.3 Å². The highest BCUT2D eigenvalue weighted by Gasteiger charge is 1.99. The number of hydrogen-bond donors (Lipinski definition) is 0. The second-order valence-corrected chi connectivity index (χ2v) is 3.65. The lowest BCUT2D eigenvalue weighted by atomic mass is 10.1. The summed E-state index contributed by atoms with van der Waals surface area (Å²) >= 11 is 1.63. The molecular formula is C12H8NS. The van der Waals surface area contributed by atoms with Gasteiger partial charge in [-0.25, -0.2) is 0 Å². The molecule has 0 N–H and O–H groups in total. The van der Waals surface area contributed by atoms with E-state index in [-0.39, 0.29) is 0 Å². The Balaban J connectivity index is 2.37. The number of aromatic nitrogens is 1. The van der Waals surface area contributed by atoms with Crippen molar-refractivity contribution in [2.75, 3.05) is 0 Å². The fraction of sp³-hybridized carbons (Fsp3) is 0. The molecule has 67 valence electrons. The van der Waals surface area contributed by atoms with E-state index in [2.05, 4.69) is 35.2 Å². The maximum atomic E-state index is 4.07. The zero-order valence-electron chi connectivity index (χ0n) is 7.53. The van der Waals surface area contributed by atoms with Gasteiger partial charge in [0.25, 0.3) is 0 Å². The number of thiophene rings is 1. The van der Waals surface area contributed by atoms with Gasteiger partial charge in [0.1, 0.15) is 0 Å². The van der Waals surface area contributed by atoms with Gasteiger partial charge in [0.2, 0.25) is 0 Å². The SMILES string of the molecule is [CH2]C#Cc1cc(-c2cccnc2)cs1. The summed E-state index contributed by atoms with van der Waals surface area (Å²) in [5.41, 5.74) is 2.29. The molecule has 2 heteroatoms. The Bertz CT molecular complexity index is 474. The number of rotatable bonds is 1. The molecule has 0 spiro atoms. The maximum Gasteiger partial charge on any atom is 0.0774 e. The number of hydrogen-bond acceptors (Lipinski definition) is 2. The van der Waals surface area contributed by atoms with Gasteiger partial charge < -0.3 is 0 Å². The second-order valence-electron chi connectivity index (χ2n) is 2.74. The van der Waals surface area contributed by atoms with Gasteiger partial charge in [-0.1, -0.05) is 17.9 Å². The topological polar surface area (TPSA) is 12.9 Å². The van der Waals surface area contributed by atoms with Crippen LogP contribution in [-0.4, -0.2) is 4.98 Å². The normalized spacial score (nSPS) is 9.21. The van der Waals surface area contributed by atoms with E-state index in [1.807, 2.05) is 18.3 Å². The lowest BCUT2D eigenvalue weighted by Crippen LogP contribution is -1.74. The van der Waals surface area contributed by atoms with E-state index in [9.17, 15) is 0 Å². The van der Waals surface area contributed by atoms with E-state index < -0.39 is 0 Å². The molecule has 0 bridgehead atoms. The summed E-state index contributed by atoms with van der Waals surface area (Å²) < 4.78 is 0. The molecule has 0 unspecified atom stereocenters. The Morgan fingerprint density at radius 2 is 2.29 bits per heavy atom. The predicted molar refractivity (Wildman–Crippen MR) is 59.8 cm³/mol. The van der Waals surface area contributed by atoms with Crippen molar-refractivity contribution >= 4 is 11.3 Å². The Morgan fingerprint density at radius 1 is 1.36 bits per heavy atom. The van der Waals surface area contributed by atoms with Crippen LogP contribution in [0.1, 0.15) is 4.88 Å². The Morgan fingerprint density at radius 3 is 3.00 bits per heavy atom. The number of pyridine rings is 1. The molecular weight excluding hydrogens is 190 g/mol. The molecule has 0 amide bonds. The fourth-order valence-corrected chi connectivity index (χ4v) is 1.96. The quantitative estimate of drug-likeness (QED) is 0.642. The van der Waals surface area contributed by atoms with Gasteiger partial charge in [0, 0.05) is 24.9 Å². The molecule has 0 aromatic carbocycles. The summed E-state index contributed by atoms with van der Waals surface area (Å²) in [6.45, 7) is 3.50. The molecule has 0 saturated heterocycles. The van der Waals surface area contributed by atoms with Crippen LogP contribution in [0.3, 0.4) is 0 Å². The summed E-state index contributed by atoms with van der Waals surface area (Å²) in [5, 5.41) is 2.08. The molecule has 2 aromatic heterocycles. The molecule has 0 saturated carbocycles. The van der Waals surface area contributed by atoms with Crippen LogP contribution in [0.15, 0.2) is 36.0 Å². The minimum absolute atomic E-state index is 1.04. The lowest BCUT2D eigenvalue weighted by Gasteiger charge is -1.93. The van der Waals surface area contributed by atoms with Crippen LogP contribution in [0.4, 0.5) is 0 Å². The molecule has 1 radical (unpaired) electrons. The molecule has 2 aromatic rings. The smallest absolute Gasteiger partial charge is 0.0774 e. The van der Waals surface area contributed by atoms with Crippen molar-refractivity contribution in [3.8, 4) is 23.0 Å². The predicted octanol–water partition coefficient (Wildman–Crippen LogP) is 3.00. The van der Waals surface area contributed by atoms with Gasteiger partial charge in [0.15, 0.2) is 0 Å². The molecule has 2 heterocycles. The Kier molecular flexibility index (Phi) is 2.62. The standard InChI is InChI=1S/C12H8NS/c1-2-4-12-7-11(9-14-12)10-5-3-6-13-8-10/h3,5-9H,1H2. The molecule has 14 heavy (non-hydrogen) atoms. The van der Waals surface area contributed by atoms with Gasteiger partial charge in [0.05, 0.1) is 4.88 Å². The van der Waals surface area contributed by atoms with Crippen molar-refractivity contribution in [2.45, 2.75) is 0 Å². The zero-order chi connectivity index (χ0) is 9.80. The van der Waals surface area contributed by atoms with Crippen LogP contribution in [0.2, 0.25) is 0 Å². The average molecular weight is 198 g/mol. The van der Waals surface area contributed by atoms with E-state index >= 15 is 0 Å². The molecule has 0 aliphatic carbocycles. The first-order valence-corrected chi connectivity index (χ1v) is 5.05. The summed E-state index contributed by atoms with van der Waals surface area (Å²) in [6, 6.07) is 6.02. The highest BCUT2D eigenvalue weighted by molar-refractivity contribution is 7.11. The third kappa shape index (κ3) is 1.84. The molecule has 0 fully saturated rings. The zero-order valence-corrected chi connectivity index (χ0v) is 8.34. The van der Waals surface area contributed by atoms with E-state index in [0.29, 0.717) is 0 Å². The molecule has 0 aliphatic heterocycles. The average Bonchev–Trinajstić information content (AvgIpc) is 2.68. The van der Waals surface area contributed by atoms with Crippen molar-refractivity contribution < 1.29 is 0 Å². The summed E-state index contributed by atoms with van der Waals surface area (Å²) in [7, 11) is 0. The van der Waals surface area contributed by atoms with E-state index in [1.54, 1.807) is 17.5 Å². The fourth-order valence-electron chi connectivity index (χ4n) is 1.17. The van der Waals surface area contributed by atoms with Crippen LogP contribution in [0, 0.1) is 18.8 Å². The van der Waals surface area contributed by atoms with Gasteiger partial charge in [-0.05, 0) is 23.1 Å². The van der Waals surface area contributed by atoms with Crippen LogP contribution in [0.25, 0.3) is 11.1 Å². The van der Waals surface area contributed by atoms with Crippen LogP contribution in [0.5, 0.6) is 0 Å². The summed E-state index contributed by atoms with van der Waals surface area (Å²) in [6.07, 6.45) is 3.62. The molecule has 0 atom stereocenters. The van der Waals surface area contributed by atoms with Gasteiger partial charge in [-0.3, -0.25) is 4.98 Å². The molecule has 0 aliphatic rings. The highest BCUT2D eigenvalue weighted by atomic mass is 32.1. The number of nitrogens with zero attached hydrogens (tertiary/aromatic N) is 1. The van der Waals surface area contributed by atoms with Gasteiger partial charge >= 0.3 is 0 Å². The van der Waals surface area contributed by atoms with Crippen molar-refractivity contribution in [1.29, 1.82) is 0 Å². The monoisotopic (exact) mass is 198 g/mol. The molecule has 2 rings (SSSR count). The van der Waals surface area contributed by atoms with E-state index in [0.717, 1.165) is 10.4 Å². The largest absolute Gasteiger partial charge is 0.264 e. The third-order valence-electron chi connectivity index (χ3n) is 1.81. The van der Waals surface area contributed by atoms with Crippen LogP contribution in [-0.2, 0) is 0 Å². The van der Waals surface area contributed by atoms with Crippen LogP contribution >= 0.6 is 11.3 Å². The van der Waals surface area contributed by atoms with Crippen molar-refractivity contribution in [1.82, 2.24) is 4.98 Å². The Labute approximate surface area is 87.4 Å². The maximum absolute atomic E-state index is 4.07. The minimum Gasteiger partial charge on any atom is -0.264 e. The van der Waals surface area contributed by atoms with E-state index in [1.165, 1.54) is 5.56 Å². The summed E-state index contributed by atoms with van der Waals surface area (Å²) in [4.78, 5) is 5.11. The lowest BCUT2D eigenvalue weighted by molar-refractivity contribution is 1.33. The van der Waals surface area contributed by atoms with Gasteiger partial charge in [-0.2, -0.15) is 0 Å². The highest BCUT2D eigenvalue weighted by Crippen LogP contribution is 2.23. The van der Waals surface area contributed by atoms with Crippen molar-refractivity contribution in [3.63, 3.8) is 0 Å².